The summed E-state index contributed by atoms with van der Waals surface area (Å²) in [7, 11) is 1.32. The van der Waals surface area contributed by atoms with Crippen molar-refractivity contribution in [3.05, 3.63) is 29.8 Å². The summed E-state index contributed by atoms with van der Waals surface area (Å²) in [6.45, 7) is 1.76. The maximum Gasteiger partial charge on any atom is 0.306 e. The SMILES string of the molecule is COC(=O)C[C@@]1(C)C(=O)Nc2ccccc21. The summed E-state index contributed by atoms with van der Waals surface area (Å²) in [5, 5.41) is 2.77. The maximum absolute atomic E-state index is 11.9. The highest BCUT2D eigenvalue weighted by atomic mass is 16.5. The van der Waals surface area contributed by atoms with E-state index >= 15 is 0 Å². The van der Waals surface area contributed by atoms with Crippen LogP contribution in [0, 0.1) is 0 Å². The number of carbonyl (C=O) groups excluding carboxylic acids is 2. The molecule has 4 nitrogen and oxygen atoms in total. The molecule has 1 amide bonds. The Morgan fingerprint density at radius 3 is 2.81 bits per heavy atom. The maximum atomic E-state index is 11.9. The molecule has 1 aromatic carbocycles. The second-order valence-corrected chi connectivity index (χ2v) is 4.08. The molecule has 0 saturated heterocycles. The highest BCUT2D eigenvalue weighted by Crippen LogP contribution is 2.39. The summed E-state index contributed by atoms with van der Waals surface area (Å²) in [6.07, 6.45) is 0.0619. The lowest BCUT2D eigenvalue weighted by molar-refractivity contribution is -0.143. The molecule has 1 aromatic rings. The van der Waals surface area contributed by atoms with Gasteiger partial charge in [-0.05, 0) is 18.6 Å². The van der Waals surface area contributed by atoms with Gasteiger partial charge in [0.05, 0.1) is 18.9 Å². The Morgan fingerprint density at radius 1 is 1.44 bits per heavy atom. The molecule has 0 aromatic heterocycles. The fourth-order valence-corrected chi connectivity index (χ4v) is 1.99. The first-order valence-electron chi connectivity index (χ1n) is 5.06. The average Bonchev–Trinajstić information content (AvgIpc) is 2.52. The molecule has 1 N–H and O–H groups in total. The first kappa shape index (κ1) is 10.7. The first-order valence-corrected chi connectivity index (χ1v) is 5.06. The van der Waals surface area contributed by atoms with Crippen molar-refractivity contribution in [2.45, 2.75) is 18.8 Å². The van der Waals surface area contributed by atoms with E-state index in [1.165, 1.54) is 7.11 Å². The molecule has 84 valence electrons. The van der Waals surface area contributed by atoms with Crippen LogP contribution in [0.5, 0.6) is 0 Å². The Morgan fingerprint density at radius 2 is 2.12 bits per heavy atom. The van der Waals surface area contributed by atoms with Gasteiger partial charge in [-0.2, -0.15) is 0 Å². The number of hydrogen-bond donors (Lipinski definition) is 1. The van der Waals surface area contributed by atoms with Crippen LogP contribution in [0.1, 0.15) is 18.9 Å². The Bertz CT molecular complexity index is 455. The van der Waals surface area contributed by atoms with Crippen LogP contribution in [0.4, 0.5) is 5.69 Å². The van der Waals surface area contributed by atoms with E-state index < -0.39 is 5.41 Å². The fourth-order valence-electron chi connectivity index (χ4n) is 1.99. The summed E-state index contributed by atoms with van der Waals surface area (Å²) in [5.41, 5.74) is 0.813. The van der Waals surface area contributed by atoms with Gasteiger partial charge in [-0.1, -0.05) is 18.2 Å². The molecule has 4 heteroatoms. The zero-order chi connectivity index (χ0) is 11.8. The third-order valence-corrected chi connectivity index (χ3v) is 3.00. The van der Waals surface area contributed by atoms with Crippen LogP contribution >= 0.6 is 0 Å². The van der Waals surface area contributed by atoms with Gasteiger partial charge < -0.3 is 10.1 Å². The van der Waals surface area contributed by atoms with Crippen LogP contribution < -0.4 is 5.32 Å². The lowest BCUT2D eigenvalue weighted by Crippen LogP contribution is -2.33. The molecule has 16 heavy (non-hydrogen) atoms. The number of hydrogen-bond acceptors (Lipinski definition) is 3. The minimum atomic E-state index is -0.816. The topological polar surface area (TPSA) is 55.4 Å². The number of fused-ring (bicyclic) bond motifs is 1. The smallest absolute Gasteiger partial charge is 0.306 e. The second kappa shape index (κ2) is 3.63. The zero-order valence-electron chi connectivity index (χ0n) is 9.24. The van der Waals surface area contributed by atoms with E-state index in [4.69, 9.17) is 0 Å². The molecule has 0 aliphatic carbocycles. The van der Waals surface area contributed by atoms with Crippen LogP contribution in [0.2, 0.25) is 0 Å². The molecule has 1 aliphatic heterocycles. The molecule has 0 fully saturated rings. The number of anilines is 1. The number of esters is 1. The average molecular weight is 219 g/mol. The minimum Gasteiger partial charge on any atom is -0.469 e. The van der Waals surface area contributed by atoms with Gasteiger partial charge in [-0.25, -0.2) is 0 Å². The van der Waals surface area contributed by atoms with Gasteiger partial charge in [-0.3, -0.25) is 9.59 Å². The number of benzene rings is 1. The molecule has 1 aliphatic rings. The van der Waals surface area contributed by atoms with E-state index in [0.717, 1.165) is 11.3 Å². The summed E-state index contributed by atoms with van der Waals surface area (Å²) < 4.78 is 4.62. The van der Waals surface area contributed by atoms with E-state index in [2.05, 4.69) is 10.1 Å². The molecule has 1 heterocycles. The number of para-hydroxylation sites is 1. The van der Waals surface area contributed by atoms with E-state index in [1.807, 2.05) is 24.3 Å². The van der Waals surface area contributed by atoms with Gasteiger partial charge in [0.15, 0.2) is 0 Å². The van der Waals surface area contributed by atoms with Crippen molar-refractivity contribution in [1.29, 1.82) is 0 Å². The number of carbonyl (C=O) groups is 2. The number of ether oxygens (including phenoxy) is 1. The molecule has 0 radical (unpaired) electrons. The predicted molar refractivity (Wildman–Crippen MR) is 59.1 cm³/mol. The van der Waals surface area contributed by atoms with Crippen molar-refractivity contribution < 1.29 is 14.3 Å². The number of methoxy groups -OCH3 is 1. The van der Waals surface area contributed by atoms with Crippen molar-refractivity contribution in [2.75, 3.05) is 12.4 Å². The second-order valence-electron chi connectivity index (χ2n) is 4.08. The van der Waals surface area contributed by atoms with Crippen LogP contribution in [-0.4, -0.2) is 19.0 Å². The molecule has 0 spiro atoms. The van der Waals surface area contributed by atoms with Crippen molar-refractivity contribution in [1.82, 2.24) is 0 Å². The molecule has 1 atom stereocenters. The lowest BCUT2D eigenvalue weighted by atomic mass is 9.81. The molecule has 2 rings (SSSR count). The summed E-state index contributed by atoms with van der Waals surface area (Å²) in [5.74, 6) is -0.534. The first-order chi connectivity index (χ1) is 7.58. The Kier molecular flexibility index (Phi) is 2.42. The van der Waals surface area contributed by atoms with Crippen molar-refractivity contribution in [3.63, 3.8) is 0 Å². The van der Waals surface area contributed by atoms with E-state index in [1.54, 1.807) is 6.92 Å². The highest BCUT2D eigenvalue weighted by Gasteiger charge is 2.44. The van der Waals surface area contributed by atoms with Crippen molar-refractivity contribution >= 4 is 17.6 Å². The van der Waals surface area contributed by atoms with Crippen molar-refractivity contribution in [3.8, 4) is 0 Å². The van der Waals surface area contributed by atoms with Gasteiger partial charge in [-0.15, -0.1) is 0 Å². The van der Waals surface area contributed by atoms with Crippen LogP contribution in [-0.2, 0) is 19.7 Å². The lowest BCUT2D eigenvalue weighted by Gasteiger charge is -2.20. The number of nitrogens with one attached hydrogen (secondary N) is 1. The fraction of sp³-hybridized carbons (Fsp3) is 0.333. The molecule has 0 bridgehead atoms. The van der Waals surface area contributed by atoms with Gasteiger partial charge >= 0.3 is 5.97 Å². The van der Waals surface area contributed by atoms with Crippen LogP contribution in [0.25, 0.3) is 0 Å². The van der Waals surface area contributed by atoms with Gasteiger partial charge in [0, 0.05) is 5.69 Å². The van der Waals surface area contributed by atoms with Crippen LogP contribution in [0.15, 0.2) is 24.3 Å². The van der Waals surface area contributed by atoms with E-state index in [-0.39, 0.29) is 18.3 Å². The van der Waals surface area contributed by atoms with Crippen molar-refractivity contribution in [2.24, 2.45) is 0 Å². The summed E-state index contributed by atoms with van der Waals surface area (Å²) in [6, 6.07) is 7.39. The summed E-state index contributed by atoms with van der Waals surface area (Å²) in [4.78, 5) is 23.2. The zero-order valence-corrected chi connectivity index (χ0v) is 9.24. The molecular formula is C12H13NO3. The standard InChI is InChI=1S/C12H13NO3/c1-12(7-10(14)16-2)8-5-3-4-6-9(8)13-11(12)15/h3-6H,7H2,1-2H3,(H,13,15)/t12-/m1/s1. The van der Waals surface area contributed by atoms with Crippen LogP contribution in [0.3, 0.4) is 0 Å². The number of amides is 1. The number of rotatable bonds is 2. The largest absolute Gasteiger partial charge is 0.469 e. The Labute approximate surface area is 93.6 Å². The molecular weight excluding hydrogens is 206 g/mol. The highest BCUT2D eigenvalue weighted by molar-refractivity contribution is 6.07. The third-order valence-electron chi connectivity index (χ3n) is 3.00. The van der Waals surface area contributed by atoms with E-state index in [9.17, 15) is 9.59 Å². The molecule has 0 unspecified atom stereocenters. The molecule has 0 saturated carbocycles. The Balaban J connectivity index is 2.40. The normalized spacial score (nSPS) is 22.5. The van der Waals surface area contributed by atoms with E-state index in [0.29, 0.717) is 0 Å². The van der Waals surface area contributed by atoms with Gasteiger partial charge in [0.2, 0.25) is 5.91 Å². The van der Waals surface area contributed by atoms with Gasteiger partial charge in [0.25, 0.3) is 0 Å². The third kappa shape index (κ3) is 1.46. The predicted octanol–water partition coefficient (Wildman–Crippen LogP) is 1.46. The summed E-state index contributed by atoms with van der Waals surface area (Å²) >= 11 is 0. The Hall–Kier alpha value is -1.84. The van der Waals surface area contributed by atoms with Gasteiger partial charge in [0.1, 0.15) is 0 Å². The minimum absolute atomic E-state index is 0.0619. The monoisotopic (exact) mass is 219 g/mol. The quantitative estimate of drug-likeness (QED) is 0.766.